The van der Waals surface area contributed by atoms with Gasteiger partial charge < -0.3 is 9.64 Å². The third kappa shape index (κ3) is 5.26. The zero-order valence-corrected chi connectivity index (χ0v) is 17.2. The minimum atomic E-state index is 0.329. The third-order valence-electron chi connectivity index (χ3n) is 6.53. The molecule has 1 amide bonds. The van der Waals surface area contributed by atoms with Gasteiger partial charge in [-0.05, 0) is 55.4 Å². The lowest BCUT2D eigenvalue weighted by Gasteiger charge is -2.35. The second-order valence-electron chi connectivity index (χ2n) is 8.55. The number of benzene rings is 1. The molecule has 154 valence electrons. The normalized spacial score (nSPS) is 21.4. The number of fused-ring (bicyclic) bond motifs is 1. The number of ether oxygens (including phenoxy) is 1. The number of likely N-dealkylation sites (tertiary alicyclic amines) is 1. The van der Waals surface area contributed by atoms with E-state index >= 15 is 0 Å². The maximum atomic E-state index is 12.6. The predicted molar refractivity (Wildman–Crippen MR) is 112 cm³/mol. The Balaban J connectivity index is 1.14. The highest BCUT2D eigenvalue weighted by Gasteiger charge is 2.22. The van der Waals surface area contributed by atoms with Crippen molar-refractivity contribution in [3.8, 4) is 5.75 Å². The van der Waals surface area contributed by atoms with Crippen LogP contribution in [0, 0.1) is 0 Å². The van der Waals surface area contributed by atoms with Crippen LogP contribution in [-0.4, -0.2) is 79.6 Å². The first kappa shape index (κ1) is 19.7. The first-order chi connectivity index (χ1) is 13.8. The molecular weight excluding hydrogens is 350 g/mol. The van der Waals surface area contributed by atoms with Crippen LogP contribution < -0.4 is 4.74 Å². The van der Waals surface area contributed by atoms with Gasteiger partial charge in [0.25, 0.3) is 0 Å². The lowest BCUT2D eigenvalue weighted by molar-refractivity contribution is -0.132. The minimum Gasteiger partial charge on any atom is -0.492 e. The molecule has 0 saturated carbocycles. The van der Waals surface area contributed by atoms with Crippen LogP contribution >= 0.6 is 0 Å². The summed E-state index contributed by atoms with van der Waals surface area (Å²) in [6, 6.07) is 6.59. The number of carbonyl (C=O) groups excluding carboxylic acids is 1. The zero-order valence-electron chi connectivity index (χ0n) is 17.2. The van der Waals surface area contributed by atoms with Gasteiger partial charge in [0, 0.05) is 45.8 Å². The first-order valence-corrected chi connectivity index (χ1v) is 11.2. The van der Waals surface area contributed by atoms with Gasteiger partial charge in [0.05, 0.1) is 6.54 Å². The van der Waals surface area contributed by atoms with E-state index in [4.69, 9.17) is 4.74 Å². The molecule has 2 saturated heterocycles. The summed E-state index contributed by atoms with van der Waals surface area (Å²) in [5.74, 6) is 1.35. The average Bonchev–Trinajstić information content (AvgIpc) is 3.00. The Kier molecular flexibility index (Phi) is 6.86. The topological polar surface area (TPSA) is 36.0 Å². The Hall–Kier alpha value is -1.59. The fraction of sp³-hybridized carbons (Fsp3) is 0.696. The van der Waals surface area contributed by atoms with Crippen molar-refractivity contribution in [1.29, 1.82) is 0 Å². The van der Waals surface area contributed by atoms with E-state index in [0.29, 0.717) is 12.5 Å². The van der Waals surface area contributed by atoms with Crippen LogP contribution in [0.25, 0.3) is 0 Å². The molecule has 3 aliphatic rings. The summed E-state index contributed by atoms with van der Waals surface area (Å²) in [6.07, 6.45) is 8.59. The van der Waals surface area contributed by atoms with Gasteiger partial charge >= 0.3 is 0 Å². The van der Waals surface area contributed by atoms with E-state index in [1.165, 1.54) is 56.1 Å². The van der Waals surface area contributed by atoms with Gasteiger partial charge in [-0.3, -0.25) is 14.6 Å². The van der Waals surface area contributed by atoms with Crippen molar-refractivity contribution >= 4 is 5.91 Å². The average molecular weight is 386 g/mol. The molecule has 1 aliphatic carbocycles. The quantitative estimate of drug-likeness (QED) is 0.754. The summed E-state index contributed by atoms with van der Waals surface area (Å²) in [5.41, 5.74) is 2.97. The highest BCUT2D eigenvalue weighted by molar-refractivity contribution is 5.78. The molecule has 2 aliphatic heterocycles. The predicted octanol–water partition coefficient (Wildman–Crippen LogP) is 2.57. The first-order valence-electron chi connectivity index (χ1n) is 11.2. The van der Waals surface area contributed by atoms with Crippen LogP contribution in [0.2, 0.25) is 0 Å². The summed E-state index contributed by atoms with van der Waals surface area (Å²) in [4.78, 5) is 19.4. The van der Waals surface area contributed by atoms with Gasteiger partial charge in [-0.15, -0.1) is 0 Å². The van der Waals surface area contributed by atoms with Gasteiger partial charge in [0.15, 0.2) is 0 Å². The van der Waals surface area contributed by atoms with E-state index in [-0.39, 0.29) is 0 Å². The van der Waals surface area contributed by atoms with E-state index in [1.807, 2.05) is 0 Å². The molecule has 0 atom stereocenters. The summed E-state index contributed by atoms with van der Waals surface area (Å²) < 4.78 is 6.00. The lowest BCUT2D eigenvalue weighted by Crippen LogP contribution is -2.50. The third-order valence-corrected chi connectivity index (χ3v) is 6.53. The van der Waals surface area contributed by atoms with Crippen molar-refractivity contribution in [2.45, 2.75) is 44.9 Å². The second-order valence-corrected chi connectivity index (χ2v) is 8.55. The highest BCUT2D eigenvalue weighted by atomic mass is 16.5. The summed E-state index contributed by atoms with van der Waals surface area (Å²) in [7, 11) is 0. The van der Waals surface area contributed by atoms with Crippen LogP contribution in [0.15, 0.2) is 18.2 Å². The fourth-order valence-electron chi connectivity index (χ4n) is 4.71. The Morgan fingerprint density at radius 1 is 0.821 bits per heavy atom. The number of hydrogen-bond donors (Lipinski definition) is 0. The molecule has 0 N–H and O–H groups in total. The summed E-state index contributed by atoms with van der Waals surface area (Å²) >= 11 is 0. The Labute approximate surface area is 169 Å². The van der Waals surface area contributed by atoms with Crippen LogP contribution in [0.3, 0.4) is 0 Å². The van der Waals surface area contributed by atoms with Gasteiger partial charge in [0.2, 0.25) is 5.91 Å². The van der Waals surface area contributed by atoms with Crippen molar-refractivity contribution in [3.05, 3.63) is 29.3 Å². The molecule has 4 rings (SSSR count). The smallest absolute Gasteiger partial charge is 0.236 e. The van der Waals surface area contributed by atoms with Crippen LogP contribution in [0.1, 0.15) is 43.2 Å². The molecule has 5 heteroatoms. The number of carbonyl (C=O) groups is 1. The second kappa shape index (κ2) is 9.75. The molecule has 1 aromatic rings. The highest BCUT2D eigenvalue weighted by Crippen LogP contribution is 2.26. The van der Waals surface area contributed by atoms with E-state index in [1.54, 1.807) is 0 Å². The van der Waals surface area contributed by atoms with Crippen LogP contribution in [-0.2, 0) is 17.6 Å². The van der Waals surface area contributed by atoms with E-state index < -0.39 is 0 Å². The Bertz CT molecular complexity index is 647. The summed E-state index contributed by atoms with van der Waals surface area (Å²) in [6.45, 7) is 8.24. The molecule has 2 heterocycles. The van der Waals surface area contributed by atoms with Crippen molar-refractivity contribution in [1.82, 2.24) is 14.7 Å². The molecule has 28 heavy (non-hydrogen) atoms. The number of aryl methyl sites for hydroxylation is 2. The van der Waals surface area contributed by atoms with Crippen molar-refractivity contribution in [3.63, 3.8) is 0 Å². The van der Waals surface area contributed by atoms with Gasteiger partial charge in [-0.2, -0.15) is 0 Å². The van der Waals surface area contributed by atoms with Crippen molar-refractivity contribution in [2.75, 3.05) is 59.0 Å². The van der Waals surface area contributed by atoms with E-state index in [0.717, 1.165) is 58.2 Å². The molecule has 0 radical (unpaired) electrons. The maximum Gasteiger partial charge on any atom is 0.236 e. The molecule has 0 spiro atoms. The molecule has 0 bridgehead atoms. The maximum absolute atomic E-state index is 12.6. The standard InChI is InChI=1S/C23H35N3O2/c27-23(26-10-3-1-2-4-11-26)19-25-14-12-24(13-15-25)16-17-28-22-9-8-20-6-5-7-21(20)18-22/h8-9,18H,1-7,10-17,19H2. The SMILES string of the molecule is O=C(CN1CCN(CCOc2ccc3c(c2)CCC3)CC1)N1CCCCCC1. The molecule has 0 unspecified atom stereocenters. The zero-order chi connectivity index (χ0) is 19.2. The number of hydrogen-bond acceptors (Lipinski definition) is 4. The minimum absolute atomic E-state index is 0.329. The molecular formula is C23H35N3O2. The van der Waals surface area contributed by atoms with Gasteiger partial charge in [-0.1, -0.05) is 18.9 Å². The Morgan fingerprint density at radius 3 is 2.32 bits per heavy atom. The molecule has 2 fully saturated rings. The lowest BCUT2D eigenvalue weighted by atomic mass is 10.1. The molecule has 0 aromatic heterocycles. The van der Waals surface area contributed by atoms with Crippen molar-refractivity contribution in [2.24, 2.45) is 0 Å². The molecule has 5 nitrogen and oxygen atoms in total. The van der Waals surface area contributed by atoms with Crippen LogP contribution in [0.4, 0.5) is 0 Å². The van der Waals surface area contributed by atoms with Crippen LogP contribution in [0.5, 0.6) is 5.75 Å². The Morgan fingerprint density at radius 2 is 1.54 bits per heavy atom. The fourth-order valence-corrected chi connectivity index (χ4v) is 4.71. The number of piperazine rings is 1. The van der Waals surface area contributed by atoms with E-state index in [9.17, 15) is 4.79 Å². The summed E-state index contributed by atoms with van der Waals surface area (Å²) in [5, 5.41) is 0. The number of nitrogens with zero attached hydrogens (tertiary/aromatic N) is 3. The van der Waals surface area contributed by atoms with Gasteiger partial charge in [-0.25, -0.2) is 0 Å². The molecule has 1 aromatic carbocycles. The van der Waals surface area contributed by atoms with Gasteiger partial charge in [0.1, 0.15) is 12.4 Å². The van der Waals surface area contributed by atoms with E-state index in [2.05, 4.69) is 32.9 Å². The number of rotatable bonds is 6. The van der Waals surface area contributed by atoms with Crippen molar-refractivity contribution < 1.29 is 9.53 Å². The monoisotopic (exact) mass is 385 g/mol. The largest absolute Gasteiger partial charge is 0.492 e. The number of amides is 1.